The van der Waals surface area contributed by atoms with Crippen LogP contribution in [0.2, 0.25) is 0 Å². The van der Waals surface area contributed by atoms with Gasteiger partial charge in [-0.05, 0) is 64.8 Å². The number of hydrogen-bond acceptors (Lipinski definition) is 1. The molecule has 1 heteroatoms. The summed E-state index contributed by atoms with van der Waals surface area (Å²) >= 11 is 0. The quantitative estimate of drug-likeness (QED) is 0.519. The molecule has 0 unspecified atom stereocenters. The summed E-state index contributed by atoms with van der Waals surface area (Å²) in [5.41, 5.74) is 4.88. The summed E-state index contributed by atoms with van der Waals surface area (Å²) in [6.45, 7) is 11.9. The second-order valence-corrected chi connectivity index (χ2v) is 4.97. The zero-order valence-electron chi connectivity index (χ0n) is 15.3. The molecule has 0 heterocycles. The Kier molecular flexibility index (Phi) is 11.8. The maximum absolute atomic E-state index is 3.26. The van der Waals surface area contributed by atoms with Gasteiger partial charge in [-0.25, -0.2) is 0 Å². The molecule has 0 radical (unpaired) electrons. The first kappa shape index (κ1) is 20.5. The lowest BCUT2D eigenvalue weighted by Crippen LogP contribution is -2.00. The van der Waals surface area contributed by atoms with Crippen LogP contribution in [0.15, 0.2) is 66.5 Å². The minimum Gasteiger partial charge on any atom is -0.365 e. The van der Waals surface area contributed by atoms with Crippen molar-refractivity contribution in [3.8, 4) is 11.8 Å². The van der Waals surface area contributed by atoms with Crippen LogP contribution in [0.1, 0.15) is 45.7 Å². The van der Waals surface area contributed by atoms with Crippen LogP contribution in [0, 0.1) is 18.8 Å². The van der Waals surface area contributed by atoms with Crippen molar-refractivity contribution in [1.82, 2.24) is 5.32 Å². The van der Waals surface area contributed by atoms with E-state index in [-0.39, 0.29) is 0 Å². The van der Waals surface area contributed by atoms with E-state index in [9.17, 15) is 0 Å². The summed E-state index contributed by atoms with van der Waals surface area (Å²) in [5, 5.41) is 3.26. The van der Waals surface area contributed by atoms with Gasteiger partial charge in [0.05, 0.1) is 0 Å². The van der Waals surface area contributed by atoms with Gasteiger partial charge >= 0.3 is 0 Å². The molecule has 0 aromatic heterocycles. The SMILES string of the molecule is C/C=C\C=C/N/C(C)=C/C(=C\C)c1cccc(C)c1.CC#CC. The summed E-state index contributed by atoms with van der Waals surface area (Å²) in [7, 11) is 0. The lowest BCUT2D eigenvalue weighted by molar-refractivity contribution is 1.06. The third-order valence-corrected chi connectivity index (χ3v) is 3.00. The minimum absolute atomic E-state index is 1.12. The Labute approximate surface area is 142 Å². The maximum Gasteiger partial charge on any atom is 0.0121 e. The largest absolute Gasteiger partial charge is 0.365 e. The Balaban J connectivity index is 0.00000108. The second kappa shape index (κ2) is 13.2. The molecule has 0 fully saturated rings. The Bertz CT molecular complexity index is 625. The van der Waals surface area contributed by atoms with Gasteiger partial charge in [0.1, 0.15) is 0 Å². The van der Waals surface area contributed by atoms with Crippen molar-refractivity contribution in [2.24, 2.45) is 0 Å². The Morgan fingerprint density at radius 2 is 1.78 bits per heavy atom. The van der Waals surface area contributed by atoms with Crippen molar-refractivity contribution in [2.75, 3.05) is 0 Å². The van der Waals surface area contributed by atoms with Crippen LogP contribution in [-0.4, -0.2) is 0 Å². The normalized spacial score (nSPS) is 11.7. The summed E-state index contributed by atoms with van der Waals surface area (Å²) in [6.07, 6.45) is 12.2. The van der Waals surface area contributed by atoms with Crippen molar-refractivity contribution < 1.29 is 0 Å². The second-order valence-electron chi connectivity index (χ2n) is 4.97. The zero-order chi connectivity index (χ0) is 17.5. The molecule has 0 atom stereocenters. The minimum atomic E-state index is 1.12. The Morgan fingerprint density at radius 1 is 1.09 bits per heavy atom. The number of hydrogen-bond donors (Lipinski definition) is 1. The molecule has 1 nitrogen and oxygen atoms in total. The van der Waals surface area contributed by atoms with Gasteiger partial charge in [-0.2, -0.15) is 0 Å². The lowest BCUT2D eigenvalue weighted by atomic mass is 10.0. The Hall–Kier alpha value is -2.46. The standard InChI is InChI=1S/C18H23N.C4H6/c1-5-7-8-12-19-16(4)14-17(6-2)18-11-9-10-15(3)13-18;1-3-4-2/h5-14,19H,1-4H3;1-2H3/b7-5-,12-8-,16-14+,17-6+;. The Morgan fingerprint density at radius 3 is 2.30 bits per heavy atom. The molecule has 1 aromatic rings. The first-order valence-corrected chi connectivity index (χ1v) is 7.88. The molecule has 0 amide bonds. The van der Waals surface area contributed by atoms with Gasteiger partial charge in [-0.1, -0.05) is 48.1 Å². The highest BCUT2D eigenvalue weighted by molar-refractivity contribution is 5.74. The van der Waals surface area contributed by atoms with E-state index in [1.54, 1.807) is 0 Å². The fraction of sp³-hybridized carbons (Fsp3) is 0.273. The predicted molar refractivity (Wildman–Crippen MR) is 105 cm³/mol. The highest BCUT2D eigenvalue weighted by Gasteiger charge is 1.98. The topological polar surface area (TPSA) is 12.0 Å². The van der Waals surface area contributed by atoms with Gasteiger partial charge < -0.3 is 5.32 Å². The van der Waals surface area contributed by atoms with E-state index >= 15 is 0 Å². The molecule has 122 valence electrons. The van der Waals surface area contributed by atoms with E-state index < -0.39 is 0 Å². The van der Waals surface area contributed by atoms with Crippen molar-refractivity contribution in [3.63, 3.8) is 0 Å². The van der Waals surface area contributed by atoms with E-state index in [1.165, 1.54) is 16.7 Å². The number of nitrogens with one attached hydrogen (secondary N) is 1. The van der Waals surface area contributed by atoms with E-state index in [0.717, 1.165) is 5.70 Å². The summed E-state index contributed by atoms with van der Waals surface area (Å²) in [4.78, 5) is 0. The van der Waals surface area contributed by atoms with Gasteiger partial charge in [-0.3, -0.25) is 0 Å². The summed E-state index contributed by atoms with van der Waals surface area (Å²) < 4.78 is 0. The monoisotopic (exact) mass is 307 g/mol. The van der Waals surface area contributed by atoms with E-state index in [4.69, 9.17) is 0 Å². The summed E-state index contributed by atoms with van der Waals surface area (Å²) in [5.74, 6) is 5.36. The average Bonchev–Trinajstić information content (AvgIpc) is 2.56. The van der Waals surface area contributed by atoms with Crippen LogP contribution in [0.4, 0.5) is 0 Å². The van der Waals surface area contributed by atoms with Crippen LogP contribution in [0.3, 0.4) is 0 Å². The molecule has 1 N–H and O–H groups in total. The highest BCUT2D eigenvalue weighted by Crippen LogP contribution is 2.18. The molecule has 0 spiro atoms. The molecular formula is C22H29N. The summed E-state index contributed by atoms with van der Waals surface area (Å²) in [6, 6.07) is 8.55. The van der Waals surface area contributed by atoms with Crippen LogP contribution < -0.4 is 5.32 Å². The number of rotatable bonds is 5. The van der Waals surface area contributed by atoms with E-state index in [2.05, 4.69) is 74.3 Å². The molecular weight excluding hydrogens is 278 g/mol. The zero-order valence-corrected chi connectivity index (χ0v) is 15.3. The van der Waals surface area contributed by atoms with Crippen molar-refractivity contribution in [1.29, 1.82) is 0 Å². The van der Waals surface area contributed by atoms with Gasteiger partial charge in [0.2, 0.25) is 0 Å². The number of allylic oxidation sites excluding steroid dienone is 7. The lowest BCUT2D eigenvalue weighted by Gasteiger charge is -2.06. The van der Waals surface area contributed by atoms with Gasteiger partial charge in [0.15, 0.2) is 0 Å². The number of aryl methyl sites for hydroxylation is 1. The molecule has 0 aliphatic heterocycles. The smallest absolute Gasteiger partial charge is 0.0121 e. The van der Waals surface area contributed by atoms with Crippen LogP contribution in [0.5, 0.6) is 0 Å². The fourth-order valence-corrected chi connectivity index (χ4v) is 1.78. The van der Waals surface area contributed by atoms with Crippen LogP contribution >= 0.6 is 0 Å². The molecule has 0 bridgehead atoms. The number of benzene rings is 1. The highest BCUT2D eigenvalue weighted by atomic mass is 14.8. The van der Waals surface area contributed by atoms with E-state index in [0.29, 0.717) is 0 Å². The van der Waals surface area contributed by atoms with Crippen LogP contribution in [0.25, 0.3) is 5.57 Å². The molecule has 0 saturated carbocycles. The molecule has 1 rings (SSSR count). The molecule has 23 heavy (non-hydrogen) atoms. The third-order valence-electron chi connectivity index (χ3n) is 3.00. The molecule has 0 saturated heterocycles. The average molecular weight is 307 g/mol. The maximum atomic E-state index is 3.26. The van der Waals surface area contributed by atoms with Gasteiger partial charge in [0, 0.05) is 11.9 Å². The predicted octanol–water partition coefficient (Wildman–Crippen LogP) is 6.01. The first-order valence-electron chi connectivity index (χ1n) is 7.88. The van der Waals surface area contributed by atoms with Crippen molar-refractivity contribution in [2.45, 2.75) is 41.5 Å². The van der Waals surface area contributed by atoms with E-state index in [1.807, 2.05) is 45.2 Å². The fourth-order valence-electron chi connectivity index (χ4n) is 1.78. The molecule has 0 aliphatic rings. The van der Waals surface area contributed by atoms with Crippen molar-refractivity contribution in [3.05, 3.63) is 77.7 Å². The third kappa shape index (κ3) is 9.98. The van der Waals surface area contributed by atoms with Crippen molar-refractivity contribution >= 4 is 5.57 Å². The molecule has 1 aromatic carbocycles. The van der Waals surface area contributed by atoms with Gasteiger partial charge in [-0.15, -0.1) is 11.8 Å². The van der Waals surface area contributed by atoms with Gasteiger partial charge in [0.25, 0.3) is 0 Å². The van der Waals surface area contributed by atoms with Crippen LogP contribution in [-0.2, 0) is 0 Å². The molecule has 0 aliphatic carbocycles. The first-order chi connectivity index (χ1) is 11.1.